The van der Waals surface area contributed by atoms with E-state index in [4.69, 9.17) is 14.2 Å². The summed E-state index contributed by atoms with van der Waals surface area (Å²) < 4.78 is 15.9. The topological polar surface area (TPSA) is 89.7 Å². The van der Waals surface area contributed by atoms with Crippen LogP contribution < -0.4 is 14.8 Å². The van der Waals surface area contributed by atoms with Gasteiger partial charge in [0.15, 0.2) is 17.6 Å². The fourth-order valence-electron chi connectivity index (χ4n) is 3.37. The first-order chi connectivity index (χ1) is 13.9. The molecule has 0 saturated carbocycles. The number of hydrogen-bond acceptors (Lipinski definition) is 5. The molecule has 0 bridgehead atoms. The van der Waals surface area contributed by atoms with Crippen LogP contribution in [0.25, 0.3) is 10.9 Å². The van der Waals surface area contributed by atoms with Crippen LogP contribution in [0.1, 0.15) is 34.1 Å². The molecule has 1 amide bonds. The molecule has 1 aliphatic heterocycles. The van der Waals surface area contributed by atoms with Gasteiger partial charge >= 0.3 is 5.97 Å². The van der Waals surface area contributed by atoms with Crippen molar-refractivity contribution in [3.05, 3.63) is 58.8 Å². The number of nitrogens with one attached hydrogen (secondary N) is 2. The summed E-state index contributed by atoms with van der Waals surface area (Å²) in [6.07, 6.45) is -0.925. The van der Waals surface area contributed by atoms with Gasteiger partial charge in [-0.3, -0.25) is 4.79 Å². The molecule has 1 aromatic heterocycles. The largest absolute Gasteiger partial charge is 0.454 e. The molecule has 4 rings (SSSR count). The minimum Gasteiger partial charge on any atom is -0.454 e. The van der Waals surface area contributed by atoms with Gasteiger partial charge in [0.25, 0.3) is 5.91 Å². The minimum atomic E-state index is -0.925. The van der Waals surface area contributed by atoms with Gasteiger partial charge in [0.1, 0.15) is 5.69 Å². The number of aromatic nitrogens is 1. The Hall–Kier alpha value is -3.48. The van der Waals surface area contributed by atoms with Crippen molar-refractivity contribution < 1.29 is 23.8 Å². The summed E-state index contributed by atoms with van der Waals surface area (Å²) in [4.78, 5) is 27.9. The Kier molecular flexibility index (Phi) is 4.88. The van der Waals surface area contributed by atoms with Crippen LogP contribution in [-0.2, 0) is 16.1 Å². The Morgan fingerprint density at radius 3 is 2.76 bits per heavy atom. The number of rotatable bonds is 5. The lowest BCUT2D eigenvalue weighted by molar-refractivity contribution is -0.129. The van der Waals surface area contributed by atoms with E-state index in [2.05, 4.69) is 16.4 Å². The smallest absolute Gasteiger partial charge is 0.355 e. The van der Waals surface area contributed by atoms with Gasteiger partial charge in [0, 0.05) is 17.4 Å². The molecular weight excluding hydrogens is 372 g/mol. The van der Waals surface area contributed by atoms with Crippen molar-refractivity contribution in [2.75, 3.05) is 6.79 Å². The highest BCUT2D eigenvalue weighted by Crippen LogP contribution is 2.32. The summed E-state index contributed by atoms with van der Waals surface area (Å²) >= 11 is 0. The third-order valence-corrected chi connectivity index (χ3v) is 4.87. The fraction of sp³-hybridized carbons (Fsp3) is 0.273. The minimum absolute atomic E-state index is 0.199. The van der Waals surface area contributed by atoms with Gasteiger partial charge in [-0.25, -0.2) is 4.79 Å². The van der Waals surface area contributed by atoms with Crippen molar-refractivity contribution in [2.24, 2.45) is 0 Å². The van der Waals surface area contributed by atoms with Gasteiger partial charge in [-0.05, 0) is 61.7 Å². The standard InChI is InChI=1S/C22H22N2O5/c1-12-6-13(2)16-9-18(24-17(16)7-12)22(26)29-14(3)21(25)23-10-15-4-5-19-20(8-15)28-11-27-19/h4-9,14,24H,10-11H2,1-3H3,(H,23,25). The molecule has 29 heavy (non-hydrogen) atoms. The fourth-order valence-corrected chi connectivity index (χ4v) is 3.37. The molecule has 2 heterocycles. The zero-order valence-corrected chi connectivity index (χ0v) is 16.5. The average molecular weight is 394 g/mol. The van der Waals surface area contributed by atoms with E-state index < -0.39 is 12.1 Å². The number of H-pyrrole nitrogens is 1. The van der Waals surface area contributed by atoms with Crippen molar-refractivity contribution >= 4 is 22.8 Å². The van der Waals surface area contributed by atoms with Crippen LogP contribution in [0.3, 0.4) is 0 Å². The first kappa shape index (κ1) is 18.9. The Morgan fingerprint density at radius 2 is 1.93 bits per heavy atom. The predicted octanol–water partition coefficient (Wildman–Crippen LogP) is 3.38. The van der Waals surface area contributed by atoms with E-state index in [0.717, 1.165) is 27.6 Å². The summed E-state index contributed by atoms with van der Waals surface area (Å²) in [7, 11) is 0. The second kappa shape index (κ2) is 7.50. The van der Waals surface area contributed by atoms with Gasteiger partial charge in [-0.15, -0.1) is 0 Å². The third kappa shape index (κ3) is 3.89. The van der Waals surface area contributed by atoms with Crippen LogP contribution in [-0.4, -0.2) is 29.8 Å². The number of carbonyl (C=O) groups is 2. The molecule has 0 saturated heterocycles. The van der Waals surface area contributed by atoms with Gasteiger partial charge in [-0.1, -0.05) is 12.1 Å². The quantitative estimate of drug-likeness (QED) is 0.648. The molecule has 0 spiro atoms. The third-order valence-electron chi connectivity index (χ3n) is 4.87. The Labute approximate surface area is 168 Å². The van der Waals surface area contributed by atoms with Crippen LogP contribution in [0.5, 0.6) is 11.5 Å². The number of esters is 1. The molecule has 0 radical (unpaired) electrons. The molecule has 150 valence electrons. The first-order valence-electron chi connectivity index (χ1n) is 9.38. The van der Waals surface area contributed by atoms with Gasteiger partial charge in [0.05, 0.1) is 0 Å². The van der Waals surface area contributed by atoms with Crippen LogP contribution in [0.15, 0.2) is 36.4 Å². The highest BCUT2D eigenvalue weighted by molar-refractivity contribution is 5.97. The molecule has 3 aromatic rings. The molecule has 2 aromatic carbocycles. The Balaban J connectivity index is 1.37. The molecule has 2 N–H and O–H groups in total. The van der Waals surface area contributed by atoms with Crippen molar-refractivity contribution in [2.45, 2.75) is 33.4 Å². The Morgan fingerprint density at radius 1 is 1.14 bits per heavy atom. The second-order valence-corrected chi connectivity index (χ2v) is 7.18. The maximum Gasteiger partial charge on any atom is 0.355 e. The number of aryl methyl sites for hydroxylation is 2. The molecule has 7 nitrogen and oxygen atoms in total. The lowest BCUT2D eigenvalue weighted by atomic mass is 10.1. The van der Waals surface area contributed by atoms with Crippen molar-refractivity contribution in [3.8, 4) is 11.5 Å². The first-order valence-corrected chi connectivity index (χ1v) is 9.38. The number of carbonyl (C=O) groups excluding carboxylic acids is 2. The number of amides is 1. The molecule has 7 heteroatoms. The summed E-state index contributed by atoms with van der Waals surface area (Å²) in [5, 5.41) is 3.73. The number of hydrogen-bond donors (Lipinski definition) is 2. The molecular formula is C22H22N2O5. The maximum absolute atomic E-state index is 12.5. The van der Waals surface area contributed by atoms with Gasteiger partial charge < -0.3 is 24.5 Å². The lowest BCUT2D eigenvalue weighted by Gasteiger charge is -2.13. The Bertz CT molecular complexity index is 1100. The van der Waals surface area contributed by atoms with Gasteiger partial charge in [-0.2, -0.15) is 0 Å². The molecule has 1 atom stereocenters. The summed E-state index contributed by atoms with van der Waals surface area (Å²) in [5.41, 5.74) is 4.24. The van der Waals surface area contributed by atoms with E-state index in [0.29, 0.717) is 23.7 Å². The maximum atomic E-state index is 12.5. The molecule has 0 aliphatic carbocycles. The van der Waals surface area contributed by atoms with E-state index in [1.807, 2.05) is 32.0 Å². The van der Waals surface area contributed by atoms with Crippen molar-refractivity contribution in [1.29, 1.82) is 0 Å². The molecule has 0 fully saturated rings. The zero-order chi connectivity index (χ0) is 20.5. The normalized spacial score (nSPS) is 13.3. The highest BCUT2D eigenvalue weighted by atomic mass is 16.7. The van der Waals surface area contributed by atoms with E-state index in [9.17, 15) is 9.59 Å². The van der Waals surface area contributed by atoms with E-state index in [1.54, 1.807) is 19.1 Å². The summed E-state index contributed by atoms with van der Waals surface area (Å²) in [6, 6.07) is 11.2. The number of benzene rings is 2. The van der Waals surface area contributed by atoms with Gasteiger partial charge in [0.2, 0.25) is 6.79 Å². The SMILES string of the molecule is Cc1cc(C)c2cc(C(=O)OC(C)C(=O)NCc3ccc4c(c3)OCO4)[nH]c2c1. The summed E-state index contributed by atoms with van der Waals surface area (Å²) in [6.45, 7) is 6.03. The van der Waals surface area contributed by atoms with Crippen LogP contribution in [0.4, 0.5) is 0 Å². The van der Waals surface area contributed by atoms with Crippen LogP contribution in [0, 0.1) is 13.8 Å². The molecule has 1 aliphatic rings. The average Bonchev–Trinajstić information content (AvgIpc) is 3.32. The van der Waals surface area contributed by atoms with E-state index in [-0.39, 0.29) is 12.7 Å². The van der Waals surface area contributed by atoms with Crippen LogP contribution in [0.2, 0.25) is 0 Å². The number of fused-ring (bicyclic) bond motifs is 2. The highest BCUT2D eigenvalue weighted by Gasteiger charge is 2.21. The summed E-state index contributed by atoms with van der Waals surface area (Å²) in [5.74, 6) is 0.398. The number of aromatic amines is 1. The lowest BCUT2D eigenvalue weighted by Crippen LogP contribution is -2.35. The predicted molar refractivity (Wildman–Crippen MR) is 107 cm³/mol. The monoisotopic (exact) mass is 394 g/mol. The van der Waals surface area contributed by atoms with Crippen molar-refractivity contribution in [1.82, 2.24) is 10.3 Å². The number of ether oxygens (including phenoxy) is 3. The zero-order valence-electron chi connectivity index (χ0n) is 16.5. The van der Waals surface area contributed by atoms with E-state index >= 15 is 0 Å². The van der Waals surface area contributed by atoms with E-state index in [1.165, 1.54) is 0 Å². The van der Waals surface area contributed by atoms with Crippen molar-refractivity contribution in [3.63, 3.8) is 0 Å². The second-order valence-electron chi connectivity index (χ2n) is 7.18. The van der Waals surface area contributed by atoms with Crippen LogP contribution >= 0.6 is 0 Å². The molecule has 1 unspecified atom stereocenters.